The third-order valence-electron chi connectivity index (χ3n) is 5.99. The first-order valence-electron chi connectivity index (χ1n) is 11.6. The molecule has 33 heavy (non-hydrogen) atoms. The number of carbonyl (C=O) groups is 1. The number of ether oxygens (including phenoxy) is 1. The van der Waals surface area contributed by atoms with Gasteiger partial charge in [-0.15, -0.1) is 0 Å². The number of amides is 1. The standard InChI is InChI=1S/C27H30ClN3O2/c28-23-12-10-21(11-13-23)26(25-9-4-5-16-30-25)31(27(32)22-14-17-29-18-15-22)19-6-20-33-24-7-2-1-3-8-24/h1-5,7-13,16,22,26,29H,6,14-15,17-20H2/t26-/m0/s1. The van der Waals surface area contributed by atoms with E-state index in [1.54, 1.807) is 6.20 Å². The van der Waals surface area contributed by atoms with E-state index in [0.29, 0.717) is 18.2 Å². The fourth-order valence-corrected chi connectivity index (χ4v) is 4.43. The quantitative estimate of drug-likeness (QED) is 0.447. The summed E-state index contributed by atoms with van der Waals surface area (Å²) in [5.74, 6) is 1.04. The minimum Gasteiger partial charge on any atom is -0.494 e. The number of piperidine rings is 1. The molecular weight excluding hydrogens is 434 g/mol. The Labute approximate surface area is 200 Å². The molecule has 0 bridgehead atoms. The van der Waals surface area contributed by atoms with Gasteiger partial charge < -0.3 is 15.0 Å². The van der Waals surface area contributed by atoms with Crippen LogP contribution in [0.3, 0.4) is 0 Å². The second-order valence-corrected chi connectivity index (χ2v) is 8.72. The van der Waals surface area contributed by atoms with Gasteiger partial charge in [0.1, 0.15) is 5.75 Å². The van der Waals surface area contributed by atoms with Crippen LogP contribution in [0.4, 0.5) is 0 Å². The lowest BCUT2D eigenvalue weighted by Crippen LogP contribution is -2.44. The highest BCUT2D eigenvalue weighted by Gasteiger charge is 2.32. The summed E-state index contributed by atoms with van der Waals surface area (Å²) in [6.45, 7) is 2.86. The summed E-state index contributed by atoms with van der Waals surface area (Å²) >= 11 is 6.17. The van der Waals surface area contributed by atoms with Crippen LogP contribution in [0.15, 0.2) is 79.0 Å². The van der Waals surface area contributed by atoms with Gasteiger partial charge >= 0.3 is 0 Å². The zero-order chi connectivity index (χ0) is 22.9. The minimum atomic E-state index is -0.275. The molecule has 1 saturated heterocycles. The Morgan fingerprint density at radius 3 is 2.45 bits per heavy atom. The molecule has 172 valence electrons. The van der Waals surface area contributed by atoms with Gasteiger partial charge in [0.25, 0.3) is 0 Å². The predicted molar refractivity (Wildman–Crippen MR) is 131 cm³/mol. The Kier molecular flexibility index (Phi) is 8.34. The average molecular weight is 464 g/mol. The molecule has 1 aliphatic rings. The number of hydrogen-bond acceptors (Lipinski definition) is 4. The molecule has 1 fully saturated rings. The summed E-state index contributed by atoms with van der Waals surface area (Å²) in [5, 5.41) is 4.03. The molecule has 0 radical (unpaired) electrons. The van der Waals surface area contributed by atoms with Crippen molar-refractivity contribution in [1.29, 1.82) is 0 Å². The van der Waals surface area contributed by atoms with Crippen molar-refractivity contribution in [2.45, 2.75) is 25.3 Å². The van der Waals surface area contributed by atoms with Crippen molar-refractivity contribution < 1.29 is 9.53 Å². The molecule has 0 saturated carbocycles. The van der Waals surface area contributed by atoms with Gasteiger partial charge in [0, 0.05) is 23.7 Å². The highest BCUT2D eigenvalue weighted by molar-refractivity contribution is 6.30. The molecule has 0 aliphatic carbocycles. The van der Waals surface area contributed by atoms with E-state index < -0.39 is 0 Å². The topological polar surface area (TPSA) is 54.5 Å². The number of benzene rings is 2. The predicted octanol–water partition coefficient (Wildman–Crippen LogP) is 5.12. The van der Waals surface area contributed by atoms with Crippen molar-refractivity contribution in [3.8, 4) is 5.75 Å². The highest BCUT2D eigenvalue weighted by atomic mass is 35.5. The van der Waals surface area contributed by atoms with Crippen LogP contribution in [0.2, 0.25) is 5.02 Å². The number of para-hydroxylation sites is 1. The molecule has 2 heterocycles. The van der Waals surface area contributed by atoms with Crippen molar-refractivity contribution in [2.24, 2.45) is 5.92 Å². The summed E-state index contributed by atoms with van der Waals surface area (Å²) in [5.41, 5.74) is 1.86. The second kappa shape index (κ2) is 11.8. The van der Waals surface area contributed by atoms with Crippen molar-refractivity contribution >= 4 is 17.5 Å². The van der Waals surface area contributed by atoms with E-state index in [1.165, 1.54) is 0 Å². The van der Waals surface area contributed by atoms with Crippen molar-refractivity contribution in [3.05, 3.63) is 95.3 Å². The molecule has 1 aromatic heterocycles. The normalized spacial score (nSPS) is 15.1. The first-order chi connectivity index (χ1) is 16.2. The largest absolute Gasteiger partial charge is 0.494 e. The van der Waals surface area contributed by atoms with E-state index in [9.17, 15) is 4.79 Å². The summed E-state index contributed by atoms with van der Waals surface area (Å²) in [6.07, 6.45) is 4.21. The fourth-order valence-electron chi connectivity index (χ4n) is 4.30. The molecule has 6 heteroatoms. The Hall–Kier alpha value is -2.89. The van der Waals surface area contributed by atoms with Gasteiger partial charge in [0.15, 0.2) is 0 Å². The average Bonchev–Trinajstić information content (AvgIpc) is 2.88. The maximum Gasteiger partial charge on any atom is 0.226 e. The first-order valence-corrected chi connectivity index (χ1v) is 12.0. The van der Waals surface area contributed by atoms with Gasteiger partial charge in [-0.05, 0) is 74.3 Å². The zero-order valence-corrected chi connectivity index (χ0v) is 19.5. The lowest BCUT2D eigenvalue weighted by molar-refractivity contribution is -0.138. The molecular formula is C27H30ClN3O2. The van der Waals surface area contributed by atoms with Crippen LogP contribution >= 0.6 is 11.6 Å². The molecule has 0 unspecified atom stereocenters. The number of nitrogens with one attached hydrogen (secondary N) is 1. The number of rotatable bonds is 9. The second-order valence-electron chi connectivity index (χ2n) is 8.28. The van der Waals surface area contributed by atoms with E-state index in [4.69, 9.17) is 16.3 Å². The molecule has 4 rings (SSSR count). The van der Waals surface area contributed by atoms with E-state index >= 15 is 0 Å². The molecule has 1 atom stereocenters. The van der Waals surface area contributed by atoms with E-state index in [-0.39, 0.29) is 17.9 Å². The Morgan fingerprint density at radius 2 is 1.76 bits per heavy atom. The van der Waals surface area contributed by atoms with Gasteiger partial charge in [0.05, 0.1) is 18.3 Å². The van der Waals surface area contributed by atoms with Gasteiger partial charge in [-0.3, -0.25) is 9.78 Å². The third-order valence-corrected chi connectivity index (χ3v) is 6.24. The van der Waals surface area contributed by atoms with Crippen molar-refractivity contribution in [1.82, 2.24) is 15.2 Å². The van der Waals surface area contributed by atoms with Crippen LogP contribution in [0, 0.1) is 5.92 Å². The molecule has 3 aromatic rings. The van der Waals surface area contributed by atoms with E-state index in [1.807, 2.05) is 77.7 Å². The van der Waals surface area contributed by atoms with Gasteiger partial charge in [0.2, 0.25) is 5.91 Å². The number of halogens is 1. The van der Waals surface area contributed by atoms with Crippen LogP contribution in [-0.2, 0) is 4.79 Å². The van der Waals surface area contributed by atoms with Gasteiger partial charge in [-0.25, -0.2) is 0 Å². The summed E-state index contributed by atoms with van der Waals surface area (Å²) in [4.78, 5) is 20.4. The van der Waals surface area contributed by atoms with E-state index in [0.717, 1.165) is 49.4 Å². The van der Waals surface area contributed by atoms with Crippen LogP contribution in [0.1, 0.15) is 36.6 Å². The molecule has 2 aromatic carbocycles. The number of hydrogen-bond donors (Lipinski definition) is 1. The lowest BCUT2D eigenvalue weighted by Gasteiger charge is -2.36. The van der Waals surface area contributed by atoms with Gasteiger partial charge in [-0.2, -0.15) is 0 Å². The Bertz CT molecular complexity index is 993. The lowest BCUT2D eigenvalue weighted by atomic mass is 9.93. The number of pyridine rings is 1. The highest BCUT2D eigenvalue weighted by Crippen LogP contribution is 2.31. The summed E-state index contributed by atoms with van der Waals surface area (Å²) in [7, 11) is 0. The van der Waals surface area contributed by atoms with Crippen LogP contribution in [0.5, 0.6) is 5.75 Å². The fraction of sp³-hybridized carbons (Fsp3) is 0.333. The first kappa shape index (κ1) is 23.3. The van der Waals surface area contributed by atoms with Gasteiger partial charge in [-0.1, -0.05) is 48.0 Å². The molecule has 1 N–H and O–H groups in total. The minimum absolute atomic E-state index is 0.0137. The van der Waals surface area contributed by atoms with Crippen LogP contribution < -0.4 is 10.1 Å². The molecule has 1 aliphatic heterocycles. The summed E-state index contributed by atoms with van der Waals surface area (Å²) in [6, 6.07) is 23.1. The molecule has 0 spiro atoms. The Morgan fingerprint density at radius 1 is 1.03 bits per heavy atom. The molecule has 5 nitrogen and oxygen atoms in total. The maximum absolute atomic E-state index is 13.8. The Balaban J connectivity index is 1.59. The smallest absolute Gasteiger partial charge is 0.226 e. The number of carbonyl (C=O) groups excluding carboxylic acids is 1. The number of nitrogens with zero attached hydrogens (tertiary/aromatic N) is 2. The van der Waals surface area contributed by atoms with Crippen molar-refractivity contribution in [3.63, 3.8) is 0 Å². The number of aromatic nitrogens is 1. The third kappa shape index (κ3) is 6.34. The molecule has 1 amide bonds. The zero-order valence-electron chi connectivity index (χ0n) is 18.7. The monoisotopic (exact) mass is 463 g/mol. The van der Waals surface area contributed by atoms with E-state index in [2.05, 4.69) is 10.3 Å². The van der Waals surface area contributed by atoms with Crippen LogP contribution in [-0.4, -0.2) is 42.0 Å². The maximum atomic E-state index is 13.8. The summed E-state index contributed by atoms with van der Waals surface area (Å²) < 4.78 is 5.91. The SMILES string of the molecule is O=C(C1CCNCC1)N(CCCOc1ccccc1)[C@@H](c1ccc(Cl)cc1)c1ccccn1. The van der Waals surface area contributed by atoms with Crippen LogP contribution in [0.25, 0.3) is 0 Å². The van der Waals surface area contributed by atoms with Crippen molar-refractivity contribution in [2.75, 3.05) is 26.2 Å².